The summed E-state index contributed by atoms with van der Waals surface area (Å²) in [5.41, 5.74) is 2.70. The number of hydrogen-bond donors (Lipinski definition) is 1. The molecule has 2 heterocycles. The molecule has 0 bridgehead atoms. The molecule has 5 heteroatoms. The summed E-state index contributed by atoms with van der Waals surface area (Å²) < 4.78 is 0. The van der Waals surface area contributed by atoms with Gasteiger partial charge in [0.25, 0.3) is 0 Å². The average Bonchev–Trinajstić information content (AvgIpc) is 2.53. The lowest BCUT2D eigenvalue weighted by Gasteiger charge is -2.03. The van der Waals surface area contributed by atoms with E-state index in [9.17, 15) is 9.90 Å². The molecular weight excluding hydrogens is 300 g/mol. The first-order valence-electron chi connectivity index (χ1n) is 6.55. The quantitative estimate of drug-likeness (QED) is 0.738. The Hall–Kier alpha value is -2.72. The molecule has 0 amide bonds. The maximum absolute atomic E-state index is 11.3. The first-order chi connectivity index (χ1) is 10.6. The Labute approximate surface area is 131 Å². The zero-order valence-electron chi connectivity index (χ0n) is 11.4. The van der Waals surface area contributed by atoms with Gasteiger partial charge in [-0.3, -0.25) is 4.98 Å². The number of nitrogens with zero attached hydrogens (tertiary/aromatic N) is 2. The number of halogens is 1. The molecule has 0 fully saturated rings. The van der Waals surface area contributed by atoms with Crippen LogP contribution in [0.5, 0.6) is 0 Å². The van der Waals surface area contributed by atoms with Crippen molar-refractivity contribution < 1.29 is 9.90 Å². The molecule has 22 heavy (non-hydrogen) atoms. The number of hydrogen-bond acceptors (Lipinski definition) is 3. The normalized spacial score (nSPS) is 11.1. The predicted molar refractivity (Wildman–Crippen MR) is 86.9 cm³/mol. The van der Waals surface area contributed by atoms with Gasteiger partial charge in [-0.25, -0.2) is 9.78 Å². The third kappa shape index (κ3) is 2.97. The van der Waals surface area contributed by atoms with Crippen LogP contribution in [0.3, 0.4) is 0 Å². The zero-order valence-corrected chi connectivity index (χ0v) is 12.2. The third-order valence-corrected chi connectivity index (χ3v) is 3.44. The molecule has 0 saturated heterocycles. The lowest BCUT2D eigenvalue weighted by molar-refractivity contribution is 0.0699. The highest BCUT2D eigenvalue weighted by Crippen LogP contribution is 2.20. The molecule has 0 aliphatic carbocycles. The summed E-state index contributed by atoms with van der Waals surface area (Å²) in [4.78, 5) is 19.5. The van der Waals surface area contributed by atoms with E-state index in [2.05, 4.69) is 9.97 Å². The molecule has 0 aliphatic heterocycles. The first kappa shape index (κ1) is 14.2. The van der Waals surface area contributed by atoms with Crippen LogP contribution in [0.15, 0.2) is 48.8 Å². The van der Waals surface area contributed by atoms with Crippen LogP contribution < -0.4 is 0 Å². The maximum Gasteiger partial charge on any atom is 0.336 e. The van der Waals surface area contributed by atoms with Crippen LogP contribution in [-0.2, 0) is 0 Å². The molecule has 0 radical (unpaired) electrons. The van der Waals surface area contributed by atoms with E-state index in [4.69, 9.17) is 11.6 Å². The van der Waals surface area contributed by atoms with Gasteiger partial charge in [0.2, 0.25) is 0 Å². The second-order valence-electron chi connectivity index (χ2n) is 4.69. The van der Waals surface area contributed by atoms with E-state index in [1.165, 1.54) is 12.3 Å². The van der Waals surface area contributed by atoms with Gasteiger partial charge in [-0.15, -0.1) is 0 Å². The number of benzene rings is 1. The number of carboxylic acids is 1. The largest absolute Gasteiger partial charge is 0.478 e. The number of carbonyl (C=O) groups is 1. The van der Waals surface area contributed by atoms with Crippen molar-refractivity contribution in [3.8, 4) is 0 Å². The molecule has 1 N–H and O–H groups in total. The fraction of sp³-hybridized carbons (Fsp3) is 0. The summed E-state index contributed by atoms with van der Waals surface area (Å²) in [7, 11) is 0. The Morgan fingerprint density at radius 1 is 1.05 bits per heavy atom. The second-order valence-corrected chi connectivity index (χ2v) is 5.08. The summed E-state index contributed by atoms with van der Waals surface area (Å²) in [6.07, 6.45) is 6.95. The molecule has 1 aromatic carbocycles. The van der Waals surface area contributed by atoms with Crippen LogP contribution in [0.4, 0.5) is 0 Å². The van der Waals surface area contributed by atoms with Crippen molar-refractivity contribution >= 4 is 40.6 Å². The van der Waals surface area contributed by atoms with Gasteiger partial charge in [-0.05, 0) is 35.4 Å². The summed E-state index contributed by atoms with van der Waals surface area (Å²) in [6.45, 7) is 0. The van der Waals surface area contributed by atoms with Crippen molar-refractivity contribution in [2.75, 3.05) is 0 Å². The average molecular weight is 311 g/mol. The first-order valence-corrected chi connectivity index (χ1v) is 6.93. The SMILES string of the molecule is O=C(O)c1ccnc2ccc(C=Cc3ccc(Cl)nc3)cc12. The van der Waals surface area contributed by atoms with E-state index in [1.54, 1.807) is 12.3 Å². The molecular formula is C17H11ClN2O2. The number of carboxylic acid groups (broad SMARTS) is 1. The van der Waals surface area contributed by atoms with E-state index < -0.39 is 5.97 Å². The Balaban J connectivity index is 1.99. The standard InChI is InChI=1S/C17H11ClN2O2/c18-16-6-4-12(10-20-16)2-1-11-3-5-15-14(9-11)13(17(21)22)7-8-19-15/h1-10H,(H,21,22). The summed E-state index contributed by atoms with van der Waals surface area (Å²) in [5, 5.41) is 10.3. The highest BCUT2D eigenvalue weighted by Gasteiger charge is 2.08. The molecule has 4 nitrogen and oxygen atoms in total. The summed E-state index contributed by atoms with van der Waals surface area (Å²) in [6, 6.07) is 10.6. The van der Waals surface area contributed by atoms with Crippen molar-refractivity contribution in [1.29, 1.82) is 0 Å². The topological polar surface area (TPSA) is 63.1 Å². The van der Waals surface area contributed by atoms with Gasteiger partial charge in [0, 0.05) is 17.8 Å². The van der Waals surface area contributed by atoms with Gasteiger partial charge in [-0.2, -0.15) is 0 Å². The minimum absolute atomic E-state index is 0.244. The van der Waals surface area contributed by atoms with Crippen molar-refractivity contribution in [3.05, 3.63) is 70.6 Å². The smallest absolute Gasteiger partial charge is 0.336 e. The Bertz CT molecular complexity index is 873. The monoisotopic (exact) mass is 310 g/mol. The van der Waals surface area contributed by atoms with Crippen LogP contribution in [0.25, 0.3) is 23.1 Å². The number of fused-ring (bicyclic) bond motifs is 1. The molecule has 0 unspecified atom stereocenters. The summed E-state index contributed by atoms with van der Waals surface area (Å²) >= 11 is 5.74. The van der Waals surface area contributed by atoms with Gasteiger partial charge < -0.3 is 5.11 Å². The van der Waals surface area contributed by atoms with Crippen molar-refractivity contribution in [2.24, 2.45) is 0 Å². The van der Waals surface area contributed by atoms with Crippen LogP contribution in [0.2, 0.25) is 5.15 Å². The van der Waals surface area contributed by atoms with Crippen LogP contribution in [0, 0.1) is 0 Å². The Morgan fingerprint density at radius 2 is 1.82 bits per heavy atom. The van der Waals surface area contributed by atoms with Crippen LogP contribution in [-0.4, -0.2) is 21.0 Å². The lowest BCUT2D eigenvalue weighted by Crippen LogP contribution is -1.98. The van der Waals surface area contributed by atoms with Gasteiger partial charge >= 0.3 is 5.97 Å². The van der Waals surface area contributed by atoms with Gasteiger partial charge in [0.05, 0.1) is 11.1 Å². The minimum Gasteiger partial charge on any atom is -0.478 e. The van der Waals surface area contributed by atoms with Crippen molar-refractivity contribution in [1.82, 2.24) is 9.97 Å². The zero-order chi connectivity index (χ0) is 15.5. The van der Waals surface area contributed by atoms with E-state index in [-0.39, 0.29) is 5.56 Å². The molecule has 2 aromatic heterocycles. The maximum atomic E-state index is 11.3. The van der Waals surface area contributed by atoms with Gasteiger partial charge in [-0.1, -0.05) is 35.9 Å². The number of aromatic carboxylic acids is 1. The van der Waals surface area contributed by atoms with Gasteiger partial charge in [0.1, 0.15) is 5.15 Å². The highest BCUT2D eigenvalue weighted by molar-refractivity contribution is 6.29. The number of aromatic nitrogens is 2. The van der Waals surface area contributed by atoms with E-state index in [1.807, 2.05) is 36.4 Å². The molecule has 0 aliphatic rings. The fourth-order valence-electron chi connectivity index (χ4n) is 2.13. The molecule has 0 spiro atoms. The van der Waals surface area contributed by atoms with Gasteiger partial charge in [0.15, 0.2) is 0 Å². The number of pyridine rings is 2. The number of rotatable bonds is 3. The van der Waals surface area contributed by atoms with Crippen molar-refractivity contribution in [3.63, 3.8) is 0 Å². The molecule has 0 saturated carbocycles. The van der Waals surface area contributed by atoms with E-state index in [0.29, 0.717) is 16.1 Å². The lowest BCUT2D eigenvalue weighted by atomic mass is 10.1. The van der Waals surface area contributed by atoms with Crippen molar-refractivity contribution in [2.45, 2.75) is 0 Å². The molecule has 3 aromatic rings. The molecule has 108 valence electrons. The highest BCUT2D eigenvalue weighted by atomic mass is 35.5. The van der Waals surface area contributed by atoms with E-state index in [0.717, 1.165) is 11.1 Å². The van der Waals surface area contributed by atoms with Crippen LogP contribution in [0.1, 0.15) is 21.5 Å². The van der Waals surface area contributed by atoms with Crippen LogP contribution >= 0.6 is 11.6 Å². The summed E-state index contributed by atoms with van der Waals surface area (Å²) in [5.74, 6) is -0.963. The fourth-order valence-corrected chi connectivity index (χ4v) is 2.24. The Kier molecular flexibility index (Phi) is 3.85. The second kappa shape index (κ2) is 5.95. The minimum atomic E-state index is -0.963. The predicted octanol–water partition coefficient (Wildman–Crippen LogP) is 4.15. The van der Waals surface area contributed by atoms with E-state index >= 15 is 0 Å². The Morgan fingerprint density at radius 3 is 2.55 bits per heavy atom. The molecule has 3 rings (SSSR count). The molecule has 0 atom stereocenters. The third-order valence-electron chi connectivity index (χ3n) is 3.21.